The third kappa shape index (κ3) is 3.71. The van der Waals surface area contributed by atoms with Gasteiger partial charge in [-0.25, -0.2) is 0 Å². The minimum atomic E-state index is 0.753. The van der Waals surface area contributed by atoms with E-state index in [1.807, 2.05) is 19.2 Å². The van der Waals surface area contributed by atoms with Gasteiger partial charge in [0.25, 0.3) is 0 Å². The zero-order valence-corrected chi connectivity index (χ0v) is 15.1. The Morgan fingerprint density at radius 1 is 1.12 bits per heavy atom. The maximum atomic E-state index is 5.37. The van der Waals surface area contributed by atoms with Crippen molar-refractivity contribution >= 4 is 11.6 Å². The number of nitrogens with one attached hydrogen (secondary N) is 1. The fourth-order valence-corrected chi connectivity index (χ4v) is 3.21. The molecule has 0 radical (unpaired) electrons. The van der Waals surface area contributed by atoms with Crippen LogP contribution in [-0.2, 0) is 12.8 Å². The lowest BCUT2D eigenvalue weighted by Gasteiger charge is -2.22. The number of methoxy groups -OCH3 is 2. The molecule has 1 heterocycles. The van der Waals surface area contributed by atoms with Gasteiger partial charge in [-0.05, 0) is 42.2 Å². The van der Waals surface area contributed by atoms with Crippen LogP contribution >= 0.6 is 0 Å². The molecule has 0 fully saturated rings. The minimum absolute atomic E-state index is 0.753. The molecule has 25 heavy (non-hydrogen) atoms. The van der Waals surface area contributed by atoms with Crippen LogP contribution in [0.2, 0.25) is 0 Å². The Labute approximate surface area is 149 Å². The van der Waals surface area contributed by atoms with Gasteiger partial charge in [0.05, 0.1) is 14.2 Å². The van der Waals surface area contributed by atoms with E-state index in [0.29, 0.717) is 0 Å². The third-order valence-corrected chi connectivity index (χ3v) is 4.50. The second kappa shape index (κ2) is 7.92. The molecule has 0 bridgehead atoms. The fourth-order valence-electron chi connectivity index (χ4n) is 3.21. The van der Waals surface area contributed by atoms with Crippen molar-refractivity contribution in [2.45, 2.75) is 12.8 Å². The highest BCUT2D eigenvalue weighted by atomic mass is 16.5. The van der Waals surface area contributed by atoms with E-state index in [0.717, 1.165) is 43.4 Å². The summed E-state index contributed by atoms with van der Waals surface area (Å²) in [5, 5.41) is 3.47. The van der Waals surface area contributed by atoms with Gasteiger partial charge in [0.1, 0.15) is 0 Å². The normalized spacial score (nSPS) is 13.6. The summed E-state index contributed by atoms with van der Waals surface area (Å²) < 4.78 is 10.7. The third-order valence-electron chi connectivity index (χ3n) is 4.50. The molecule has 0 unspecified atom stereocenters. The SMILES string of the molecule is CN=C(NCCc1ccc(OC)c(OC)c1)N1CCc2ccccc21. The van der Waals surface area contributed by atoms with Gasteiger partial charge in [-0.1, -0.05) is 24.3 Å². The molecule has 1 aliphatic rings. The number of fused-ring (bicyclic) bond motifs is 1. The van der Waals surface area contributed by atoms with Crippen LogP contribution in [0.1, 0.15) is 11.1 Å². The molecule has 1 N–H and O–H groups in total. The van der Waals surface area contributed by atoms with E-state index in [-0.39, 0.29) is 0 Å². The molecule has 0 amide bonds. The van der Waals surface area contributed by atoms with E-state index >= 15 is 0 Å². The summed E-state index contributed by atoms with van der Waals surface area (Å²) in [4.78, 5) is 6.70. The number of hydrogen-bond acceptors (Lipinski definition) is 3. The second-order valence-electron chi connectivity index (χ2n) is 5.94. The monoisotopic (exact) mass is 339 g/mol. The molecule has 0 saturated carbocycles. The van der Waals surface area contributed by atoms with Gasteiger partial charge in [-0.15, -0.1) is 0 Å². The molecule has 1 aliphatic heterocycles. The zero-order chi connectivity index (χ0) is 17.6. The molecule has 0 aliphatic carbocycles. The van der Waals surface area contributed by atoms with Crippen molar-refractivity contribution < 1.29 is 9.47 Å². The minimum Gasteiger partial charge on any atom is -0.493 e. The van der Waals surface area contributed by atoms with Crippen LogP contribution in [-0.4, -0.2) is 40.3 Å². The maximum absolute atomic E-state index is 5.37. The summed E-state index contributed by atoms with van der Waals surface area (Å²) in [5.41, 5.74) is 3.83. The molecule has 5 heteroatoms. The number of para-hydroxylation sites is 1. The first-order chi connectivity index (χ1) is 12.3. The molecule has 3 rings (SSSR count). The number of nitrogens with zero attached hydrogens (tertiary/aromatic N) is 2. The predicted molar refractivity (Wildman–Crippen MR) is 102 cm³/mol. The summed E-state index contributed by atoms with van der Waals surface area (Å²) in [6, 6.07) is 14.5. The van der Waals surface area contributed by atoms with Crippen molar-refractivity contribution in [2.24, 2.45) is 4.99 Å². The number of benzene rings is 2. The van der Waals surface area contributed by atoms with E-state index in [1.54, 1.807) is 14.2 Å². The summed E-state index contributed by atoms with van der Waals surface area (Å²) in [6.07, 6.45) is 1.95. The highest BCUT2D eigenvalue weighted by Crippen LogP contribution is 2.28. The lowest BCUT2D eigenvalue weighted by molar-refractivity contribution is 0.354. The van der Waals surface area contributed by atoms with Crippen molar-refractivity contribution in [3.05, 3.63) is 53.6 Å². The molecule has 0 aromatic heterocycles. The Morgan fingerprint density at radius 3 is 2.68 bits per heavy atom. The number of anilines is 1. The maximum Gasteiger partial charge on any atom is 0.198 e. The second-order valence-corrected chi connectivity index (χ2v) is 5.94. The van der Waals surface area contributed by atoms with Crippen LogP contribution in [0.3, 0.4) is 0 Å². The molecule has 0 atom stereocenters. The van der Waals surface area contributed by atoms with E-state index in [2.05, 4.69) is 45.5 Å². The van der Waals surface area contributed by atoms with Gasteiger partial charge < -0.3 is 19.7 Å². The average molecular weight is 339 g/mol. The first-order valence-corrected chi connectivity index (χ1v) is 8.54. The Bertz CT molecular complexity index is 758. The summed E-state index contributed by atoms with van der Waals surface area (Å²) in [6.45, 7) is 1.77. The van der Waals surface area contributed by atoms with Crippen molar-refractivity contribution in [2.75, 3.05) is 39.3 Å². The van der Waals surface area contributed by atoms with Gasteiger partial charge in [0.2, 0.25) is 0 Å². The largest absolute Gasteiger partial charge is 0.493 e. The van der Waals surface area contributed by atoms with E-state index < -0.39 is 0 Å². The summed E-state index contributed by atoms with van der Waals surface area (Å²) in [7, 11) is 5.14. The first-order valence-electron chi connectivity index (χ1n) is 8.54. The standard InChI is InChI=1S/C20H25N3O2/c1-21-20(23-13-11-16-6-4-5-7-17(16)23)22-12-10-15-8-9-18(24-2)19(14-15)25-3/h4-9,14H,10-13H2,1-3H3,(H,21,22). The number of guanidine groups is 1. The highest BCUT2D eigenvalue weighted by molar-refractivity contribution is 5.97. The molecule has 0 spiro atoms. The van der Waals surface area contributed by atoms with Gasteiger partial charge >= 0.3 is 0 Å². The highest BCUT2D eigenvalue weighted by Gasteiger charge is 2.22. The zero-order valence-electron chi connectivity index (χ0n) is 15.1. The number of rotatable bonds is 5. The Morgan fingerprint density at radius 2 is 1.92 bits per heavy atom. The van der Waals surface area contributed by atoms with Crippen molar-refractivity contribution in [1.29, 1.82) is 0 Å². The van der Waals surface area contributed by atoms with Gasteiger partial charge in [0.15, 0.2) is 17.5 Å². The van der Waals surface area contributed by atoms with Crippen LogP contribution in [0.4, 0.5) is 5.69 Å². The van der Waals surface area contributed by atoms with E-state index in [9.17, 15) is 0 Å². The van der Waals surface area contributed by atoms with Crippen LogP contribution in [0.25, 0.3) is 0 Å². The smallest absolute Gasteiger partial charge is 0.198 e. The van der Waals surface area contributed by atoms with Crippen LogP contribution in [0, 0.1) is 0 Å². The molecular weight excluding hydrogens is 314 g/mol. The molecular formula is C20H25N3O2. The Balaban J connectivity index is 1.62. The van der Waals surface area contributed by atoms with Gasteiger partial charge in [0, 0.05) is 25.8 Å². The molecule has 5 nitrogen and oxygen atoms in total. The van der Waals surface area contributed by atoms with Crippen LogP contribution < -0.4 is 19.7 Å². The predicted octanol–water partition coefficient (Wildman–Crippen LogP) is 2.88. The lowest BCUT2D eigenvalue weighted by Crippen LogP contribution is -2.41. The molecule has 2 aromatic carbocycles. The number of ether oxygens (including phenoxy) is 2. The topological polar surface area (TPSA) is 46.1 Å². The van der Waals surface area contributed by atoms with Crippen molar-refractivity contribution in [1.82, 2.24) is 5.32 Å². The molecule has 2 aromatic rings. The lowest BCUT2D eigenvalue weighted by atomic mass is 10.1. The quantitative estimate of drug-likeness (QED) is 0.672. The fraction of sp³-hybridized carbons (Fsp3) is 0.350. The van der Waals surface area contributed by atoms with Gasteiger partial charge in [-0.2, -0.15) is 0 Å². The number of aliphatic imine (C=N–C) groups is 1. The summed E-state index contributed by atoms with van der Waals surface area (Å²) >= 11 is 0. The molecule has 132 valence electrons. The van der Waals surface area contributed by atoms with Crippen molar-refractivity contribution in [3.63, 3.8) is 0 Å². The van der Waals surface area contributed by atoms with Gasteiger partial charge in [-0.3, -0.25) is 4.99 Å². The molecule has 0 saturated heterocycles. The van der Waals surface area contributed by atoms with Crippen LogP contribution in [0.15, 0.2) is 47.5 Å². The average Bonchev–Trinajstić information content (AvgIpc) is 3.09. The summed E-state index contributed by atoms with van der Waals surface area (Å²) in [5.74, 6) is 2.44. The van der Waals surface area contributed by atoms with E-state index in [4.69, 9.17) is 9.47 Å². The van der Waals surface area contributed by atoms with Crippen LogP contribution in [0.5, 0.6) is 11.5 Å². The Kier molecular flexibility index (Phi) is 5.43. The Hall–Kier alpha value is -2.69. The first kappa shape index (κ1) is 17.1. The van der Waals surface area contributed by atoms with E-state index in [1.165, 1.54) is 16.8 Å². The van der Waals surface area contributed by atoms with Crippen molar-refractivity contribution in [3.8, 4) is 11.5 Å². The number of hydrogen-bond donors (Lipinski definition) is 1.